The molecule has 0 fully saturated rings. The number of rotatable bonds is 4. The third-order valence-corrected chi connectivity index (χ3v) is 7.74. The van der Waals surface area contributed by atoms with Crippen LogP contribution in [0.1, 0.15) is 18.4 Å². The molecule has 3 heterocycles. The van der Waals surface area contributed by atoms with Gasteiger partial charge >= 0.3 is 0 Å². The number of benzene rings is 1. The standard InChI is InChI=1S/C22H23N7O4S2/c30-34(31)19-8-3-7-18(14-19)28-22-25-15-17(21(29-22)24-11-5-13-27-34)6-1-2-12-26-35(32,33)20-9-4-10-23-16-20/h3-4,7-10,14-16,26-27H,2,5,11-13H2,(H2,24,25,28,29). The minimum atomic E-state index is -3.64. The molecule has 11 nitrogen and oxygen atoms in total. The zero-order valence-corrected chi connectivity index (χ0v) is 20.2. The minimum Gasteiger partial charge on any atom is -0.369 e. The Labute approximate surface area is 203 Å². The molecule has 0 spiro atoms. The first-order valence-corrected chi connectivity index (χ1v) is 13.7. The van der Waals surface area contributed by atoms with Gasteiger partial charge in [-0.15, -0.1) is 0 Å². The van der Waals surface area contributed by atoms with Gasteiger partial charge in [-0.2, -0.15) is 4.98 Å². The molecule has 0 aliphatic carbocycles. The molecule has 0 saturated carbocycles. The number of aromatic nitrogens is 3. The Kier molecular flexibility index (Phi) is 7.57. The molecule has 35 heavy (non-hydrogen) atoms. The fourth-order valence-electron chi connectivity index (χ4n) is 3.12. The monoisotopic (exact) mass is 513 g/mol. The van der Waals surface area contributed by atoms with E-state index < -0.39 is 20.0 Å². The summed E-state index contributed by atoms with van der Waals surface area (Å²) in [5.74, 6) is 6.67. The molecular weight excluding hydrogens is 490 g/mol. The van der Waals surface area contributed by atoms with Crippen molar-refractivity contribution in [2.75, 3.05) is 30.3 Å². The third-order valence-electron chi connectivity index (χ3n) is 4.84. The highest BCUT2D eigenvalue weighted by Gasteiger charge is 2.15. The molecular formula is C22H23N7O4S2. The maximum atomic E-state index is 12.5. The van der Waals surface area contributed by atoms with Gasteiger partial charge in [-0.3, -0.25) is 4.98 Å². The highest BCUT2D eigenvalue weighted by Crippen LogP contribution is 2.20. The summed E-state index contributed by atoms with van der Waals surface area (Å²) >= 11 is 0. The van der Waals surface area contributed by atoms with Crippen LogP contribution in [0.3, 0.4) is 0 Å². The van der Waals surface area contributed by atoms with Crippen LogP contribution in [0.25, 0.3) is 0 Å². The van der Waals surface area contributed by atoms with Crippen LogP contribution in [0, 0.1) is 11.8 Å². The van der Waals surface area contributed by atoms with Crippen LogP contribution in [0.15, 0.2) is 64.8 Å². The van der Waals surface area contributed by atoms with E-state index in [1.165, 1.54) is 30.6 Å². The average Bonchev–Trinajstić information content (AvgIpc) is 2.85. The molecule has 0 atom stereocenters. The largest absolute Gasteiger partial charge is 0.369 e. The molecule has 3 aromatic rings. The number of anilines is 3. The van der Waals surface area contributed by atoms with Crippen LogP contribution in [0.2, 0.25) is 0 Å². The fraction of sp³-hybridized carbons (Fsp3) is 0.227. The van der Waals surface area contributed by atoms with E-state index in [0.717, 1.165) is 0 Å². The van der Waals surface area contributed by atoms with E-state index in [1.807, 2.05) is 0 Å². The van der Waals surface area contributed by atoms with Gasteiger partial charge in [0.15, 0.2) is 0 Å². The summed E-state index contributed by atoms with van der Waals surface area (Å²) in [6.07, 6.45) is 5.13. The van der Waals surface area contributed by atoms with Gasteiger partial charge in [0.05, 0.1) is 16.7 Å². The SMILES string of the molecule is O=S(=O)(NCCC#Cc1cnc2nc1NCCCNS(=O)(=O)c1cccc(c1)N2)c1cccnc1. The molecule has 1 aliphatic rings. The van der Waals surface area contributed by atoms with Gasteiger partial charge in [-0.25, -0.2) is 31.3 Å². The zero-order chi connectivity index (χ0) is 24.7. The zero-order valence-electron chi connectivity index (χ0n) is 18.5. The number of nitrogens with one attached hydrogen (secondary N) is 4. The lowest BCUT2D eigenvalue weighted by Gasteiger charge is -2.10. The first-order chi connectivity index (χ1) is 16.8. The Morgan fingerprint density at radius 2 is 2.00 bits per heavy atom. The Hall–Kier alpha value is -3.57. The van der Waals surface area contributed by atoms with Crippen LogP contribution in [-0.2, 0) is 20.0 Å². The quantitative estimate of drug-likeness (QED) is 0.299. The normalized spacial score (nSPS) is 15.1. The third kappa shape index (κ3) is 6.52. The first-order valence-electron chi connectivity index (χ1n) is 10.7. The summed E-state index contributed by atoms with van der Waals surface area (Å²) < 4.78 is 54.5. The van der Waals surface area contributed by atoms with E-state index >= 15 is 0 Å². The summed E-state index contributed by atoms with van der Waals surface area (Å²) in [6.45, 7) is 0.836. The van der Waals surface area contributed by atoms with Crippen molar-refractivity contribution in [3.63, 3.8) is 0 Å². The van der Waals surface area contributed by atoms with Gasteiger partial charge in [-0.05, 0) is 36.8 Å². The van der Waals surface area contributed by atoms with E-state index in [2.05, 4.69) is 46.9 Å². The lowest BCUT2D eigenvalue weighted by Crippen LogP contribution is -2.26. The second kappa shape index (κ2) is 10.8. The lowest BCUT2D eigenvalue weighted by atomic mass is 10.2. The van der Waals surface area contributed by atoms with Crippen molar-refractivity contribution in [2.24, 2.45) is 0 Å². The maximum absolute atomic E-state index is 12.5. The maximum Gasteiger partial charge on any atom is 0.242 e. The van der Waals surface area contributed by atoms with Gasteiger partial charge < -0.3 is 10.6 Å². The van der Waals surface area contributed by atoms with E-state index in [4.69, 9.17) is 0 Å². The first kappa shape index (κ1) is 24.6. The van der Waals surface area contributed by atoms with Gasteiger partial charge in [0.1, 0.15) is 10.7 Å². The van der Waals surface area contributed by atoms with Crippen molar-refractivity contribution in [2.45, 2.75) is 22.6 Å². The second-order valence-electron chi connectivity index (χ2n) is 7.43. The lowest BCUT2D eigenvalue weighted by molar-refractivity contribution is 0.579. The molecule has 1 aliphatic heterocycles. The number of fused-ring (bicyclic) bond motifs is 4. The van der Waals surface area contributed by atoms with Gasteiger partial charge in [-0.1, -0.05) is 17.9 Å². The molecule has 182 valence electrons. The summed E-state index contributed by atoms with van der Waals surface area (Å²) in [5.41, 5.74) is 1.06. The second-order valence-corrected chi connectivity index (χ2v) is 11.0. The number of sulfonamides is 2. The Morgan fingerprint density at radius 1 is 1.11 bits per heavy atom. The average molecular weight is 514 g/mol. The molecule has 1 aromatic carbocycles. The van der Waals surface area contributed by atoms with Crippen molar-refractivity contribution in [3.8, 4) is 11.8 Å². The predicted molar refractivity (Wildman–Crippen MR) is 131 cm³/mol. The Bertz CT molecular complexity index is 1470. The highest BCUT2D eigenvalue weighted by atomic mass is 32.2. The molecule has 0 amide bonds. The Morgan fingerprint density at radius 3 is 2.83 bits per heavy atom. The molecule has 2 aromatic heterocycles. The smallest absolute Gasteiger partial charge is 0.242 e. The number of hydrogen-bond acceptors (Lipinski definition) is 9. The van der Waals surface area contributed by atoms with Crippen molar-refractivity contribution >= 4 is 37.5 Å². The molecule has 4 N–H and O–H groups in total. The summed E-state index contributed by atoms with van der Waals surface area (Å²) in [6, 6.07) is 9.41. The highest BCUT2D eigenvalue weighted by molar-refractivity contribution is 7.89. The molecule has 0 radical (unpaired) electrons. The van der Waals surface area contributed by atoms with E-state index in [0.29, 0.717) is 30.0 Å². The van der Waals surface area contributed by atoms with Gasteiger partial charge in [0, 0.05) is 44.1 Å². The van der Waals surface area contributed by atoms with E-state index in [9.17, 15) is 16.8 Å². The minimum absolute atomic E-state index is 0.0905. The Balaban J connectivity index is 1.47. The number of nitrogens with zero attached hydrogens (tertiary/aromatic N) is 3. The number of pyridine rings is 1. The van der Waals surface area contributed by atoms with Crippen LogP contribution in [-0.4, -0.2) is 51.4 Å². The van der Waals surface area contributed by atoms with Gasteiger partial charge in [0.25, 0.3) is 0 Å². The van der Waals surface area contributed by atoms with Crippen molar-refractivity contribution in [3.05, 3.63) is 60.6 Å². The van der Waals surface area contributed by atoms with Crippen LogP contribution >= 0.6 is 0 Å². The summed E-state index contributed by atoms with van der Waals surface area (Å²) in [5, 5.41) is 6.18. The van der Waals surface area contributed by atoms with Gasteiger partial charge in [0.2, 0.25) is 26.0 Å². The van der Waals surface area contributed by atoms with Crippen LogP contribution in [0.4, 0.5) is 17.5 Å². The molecule has 4 rings (SSSR count). The predicted octanol–water partition coefficient (Wildman–Crippen LogP) is 1.43. The molecule has 4 bridgehead atoms. The summed E-state index contributed by atoms with van der Waals surface area (Å²) in [7, 11) is -7.27. The number of hydrogen-bond donors (Lipinski definition) is 4. The summed E-state index contributed by atoms with van der Waals surface area (Å²) in [4.78, 5) is 12.8. The van der Waals surface area contributed by atoms with Crippen molar-refractivity contribution in [1.29, 1.82) is 0 Å². The van der Waals surface area contributed by atoms with Crippen LogP contribution < -0.4 is 20.1 Å². The van der Waals surface area contributed by atoms with E-state index in [-0.39, 0.29) is 35.2 Å². The topological polar surface area (TPSA) is 155 Å². The van der Waals surface area contributed by atoms with E-state index in [1.54, 1.807) is 24.4 Å². The van der Waals surface area contributed by atoms with Crippen molar-refractivity contribution < 1.29 is 16.8 Å². The molecule has 0 unspecified atom stereocenters. The molecule has 13 heteroatoms. The van der Waals surface area contributed by atoms with Crippen molar-refractivity contribution in [1.82, 2.24) is 24.4 Å². The van der Waals surface area contributed by atoms with Crippen LogP contribution in [0.5, 0.6) is 0 Å². The molecule has 0 saturated heterocycles. The fourth-order valence-corrected chi connectivity index (χ4v) is 5.23.